The largest absolute Gasteiger partial charge is 0.489 e. The number of esters is 2. The van der Waals surface area contributed by atoms with Gasteiger partial charge in [0, 0.05) is 24.5 Å². The second-order valence-electron chi connectivity index (χ2n) is 9.11. The Labute approximate surface area is 198 Å². The van der Waals surface area contributed by atoms with Gasteiger partial charge >= 0.3 is 11.9 Å². The molecule has 1 aliphatic carbocycles. The molecule has 0 spiro atoms. The van der Waals surface area contributed by atoms with Crippen molar-refractivity contribution < 1.29 is 28.9 Å². The van der Waals surface area contributed by atoms with Crippen LogP contribution in [0.25, 0.3) is 10.8 Å². The van der Waals surface area contributed by atoms with Crippen LogP contribution in [0.4, 0.5) is 0 Å². The average molecular weight is 461 g/mol. The van der Waals surface area contributed by atoms with E-state index in [-0.39, 0.29) is 31.0 Å². The van der Waals surface area contributed by atoms with Gasteiger partial charge in [-0.25, -0.2) is 4.79 Å². The molecule has 3 aromatic carbocycles. The fourth-order valence-corrected chi connectivity index (χ4v) is 5.36. The summed E-state index contributed by atoms with van der Waals surface area (Å²) in [5.41, 5.74) is 2.42. The molecule has 0 bridgehead atoms. The lowest BCUT2D eigenvalue weighted by atomic mass is 9.88. The first-order valence-corrected chi connectivity index (χ1v) is 11.7. The summed E-state index contributed by atoms with van der Waals surface area (Å²) in [6.45, 7) is 0.141. The van der Waals surface area contributed by atoms with Crippen LogP contribution in [0.2, 0.25) is 0 Å². The highest BCUT2D eigenvalue weighted by Crippen LogP contribution is 2.51. The van der Waals surface area contributed by atoms with Crippen molar-refractivity contribution in [3.8, 4) is 5.75 Å². The summed E-state index contributed by atoms with van der Waals surface area (Å²) in [4.78, 5) is 25.1. The van der Waals surface area contributed by atoms with Crippen molar-refractivity contribution in [2.75, 3.05) is 13.7 Å². The minimum absolute atomic E-state index is 0.0500. The van der Waals surface area contributed by atoms with E-state index >= 15 is 0 Å². The Kier molecular flexibility index (Phi) is 6.24. The number of benzene rings is 3. The number of fused-ring (bicyclic) bond motifs is 4. The summed E-state index contributed by atoms with van der Waals surface area (Å²) in [7, 11) is 1.32. The number of methoxy groups -OCH3 is 1. The summed E-state index contributed by atoms with van der Waals surface area (Å²) in [6.07, 6.45) is 1.51. The number of aliphatic hydroxyl groups is 1. The molecule has 1 fully saturated rings. The molecule has 6 nitrogen and oxygen atoms in total. The van der Waals surface area contributed by atoms with E-state index in [2.05, 4.69) is 0 Å². The van der Waals surface area contributed by atoms with E-state index in [4.69, 9.17) is 14.2 Å². The van der Waals surface area contributed by atoms with Crippen LogP contribution in [0.15, 0.2) is 60.7 Å². The zero-order valence-electron chi connectivity index (χ0n) is 19.1. The van der Waals surface area contributed by atoms with Crippen molar-refractivity contribution in [2.45, 2.75) is 43.8 Å². The number of para-hydroxylation sites is 1. The zero-order valence-corrected chi connectivity index (χ0v) is 19.1. The van der Waals surface area contributed by atoms with Crippen LogP contribution in [-0.2, 0) is 20.7 Å². The maximum absolute atomic E-state index is 13.0. The van der Waals surface area contributed by atoms with Gasteiger partial charge in [-0.3, -0.25) is 4.79 Å². The SMILES string of the molecule is COC(=O)C[C@@H](Cc1cccc2c1O[C@@H]1CCC(CO)[C@H]21)OC(=O)c1ccc2ccccc2c1. The predicted octanol–water partition coefficient (Wildman–Crippen LogP) is 4.42. The maximum atomic E-state index is 13.0. The molecule has 1 heterocycles. The highest BCUT2D eigenvalue weighted by atomic mass is 16.6. The Hall–Kier alpha value is -3.38. The summed E-state index contributed by atoms with van der Waals surface area (Å²) < 4.78 is 17.0. The molecule has 0 amide bonds. The van der Waals surface area contributed by atoms with Crippen LogP contribution in [0.1, 0.15) is 46.7 Å². The number of carbonyl (C=O) groups excluding carboxylic acids is 2. The molecule has 0 radical (unpaired) electrons. The number of hydrogen-bond donors (Lipinski definition) is 1. The fourth-order valence-electron chi connectivity index (χ4n) is 5.36. The Morgan fingerprint density at radius 1 is 1.06 bits per heavy atom. The van der Waals surface area contributed by atoms with Crippen LogP contribution in [-0.4, -0.2) is 43.0 Å². The van der Waals surface area contributed by atoms with E-state index in [0.29, 0.717) is 12.0 Å². The molecule has 4 atom stereocenters. The maximum Gasteiger partial charge on any atom is 0.338 e. The van der Waals surface area contributed by atoms with Crippen molar-refractivity contribution in [3.05, 3.63) is 77.4 Å². The Morgan fingerprint density at radius 2 is 1.88 bits per heavy atom. The van der Waals surface area contributed by atoms with Crippen LogP contribution in [0.5, 0.6) is 5.75 Å². The molecule has 5 rings (SSSR count). The summed E-state index contributed by atoms with van der Waals surface area (Å²) >= 11 is 0. The molecule has 1 aliphatic heterocycles. The Bertz CT molecular complexity index is 1220. The Balaban J connectivity index is 1.38. The van der Waals surface area contributed by atoms with Gasteiger partial charge in [-0.2, -0.15) is 0 Å². The summed E-state index contributed by atoms with van der Waals surface area (Å²) in [5, 5.41) is 11.8. The Morgan fingerprint density at radius 3 is 2.68 bits per heavy atom. The highest BCUT2D eigenvalue weighted by molar-refractivity contribution is 5.95. The molecule has 0 aromatic heterocycles. The minimum Gasteiger partial charge on any atom is -0.489 e. The van der Waals surface area contributed by atoms with Gasteiger partial charge in [0.25, 0.3) is 0 Å². The lowest BCUT2D eigenvalue weighted by Crippen LogP contribution is -2.25. The van der Waals surface area contributed by atoms with Gasteiger partial charge in [0.1, 0.15) is 18.0 Å². The standard InChI is InChI=1S/C28H28O6/c1-32-25(30)15-22(33-28(31)20-10-9-17-5-2-3-6-18(17)13-20)14-19-7-4-8-23-26-21(16-29)11-12-24(26)34-27(19)23/h2-10,13,21-22,24,26,29H,11-12,14-16H2,1H3/t21?,22-,24-,26-/m1/s1. The second kappa shape index (κ2) is 9.47. The van der Waals surface area contributed by atoms with E-state index < -0.39 is 18.0 Å². The van der Waals surface area contributed by atoms with E-state index in [1.54, 1.807) is 12.1 Å². The topological polar surface area (TPSA) is 82.1 Å². The predicted molar refractivity (Wildman–Crippen MR) is 127 cm³/mol. The lowest BCUT2D eigenvalue weighted by Gasteiger charge is -2.19. The van der Waals surface area contributed by atoms with Crippen molar-refractivity contribution >= 4 is 22.7 Å². The van der Waals surface area contributed by atoms with Crippen LogP contribution in [0, 0.1) is 5.92 Å². The van der Waals surface area contributed by atoms with Gasteiger partial charge < -0.3 is 19.3 Å². The molecule has 176 valence electrons. The highest BCUT2D eigenvalue weighted by Gasteiger charge is 2.45. The van der Waals surface area contributed by atoms with Crippen molar-refractivity contribution in [3.63, 3.8) is 0 Å². The van der Waals surface area contributed by atoms with Crippen LogP contribution >= 0.6 is 0 Å². The quantitative estimate of drug-likeness (QED) is 0.526. The van der Waals surface area contributed by atoms with E-state index in [1.165, 1.54) is 7.11 Å². The van der Waals surface area contributed by atoms with Gasteiger partial charge in [-0.05, 0) is 47.2 Å². The van der Waals surface area contributed by atoms with Crippen molar-refractivity contribution in [1.82, 2.24) is 0 Å². The number of aliphatic hydroxyl groups excluding tert-OH is 1. The smallest absolute Gasteiger partial charge is 0.338 e. The molecule has 3 aromatic rings. The summed E-state index contributed by atoms with van der Waals surface area (Å²) in [5.74, 6) is 0.247. The average Bonchev–Trinajstić information content (AvgIpc) is 3.43. The monoisotopic (exact) mass is 460 g/mol. The van der Waals surface area contributed by atoms with Gasteiger partial charge in [-0.15, -0.1) is 0 Å². The van der Waals surface area contributed by atoms with E-state index in [0.717, 1.165) is 40.5 Å². The normalized spacial score (nSPS) is 21.4. The van der Waals surface area contributed by atoms with E-state index in [9.17, 15) is 14.7 Å². The molecule has 6 heteroatoms. The van der Waals surface area contributed by atoms with Gasteiger partial charge in [0.2, 0.25) is 0 Å². The fraction of sp³-hybridized carbons (Fsp3) is 0.357. The number of carbonyl (C=O) groups is 2. The first-order chi connectivity index (χ1) is 16.6. The first kappa shape index (κ1) is 22.4. The minimum atomic E-state index is -0.699. The van der Waals surface area contributed by atoms with Gasteiger partial charge in [-0.1, -0.05) is 48.5 Å². The molecular formula is C28H28O6. The van der Waals surface area contributed by atoms with Crippen LogP contribution < -0.4 is 4.74 Å². The molecular weight excluding hydrogens is 432 g/mol. The van der Waals surface area contributed by atoms with Gasteiger partial charge in [0.15, 0.2) is 0 Å². The first-order valence-electron chi connectivity index (χ1n) is 11.7. The number of hydrogen-bond acceptors (Lipinski definition) is 6. The lowest BCUT2D eigenvalue weighted by molar-refractivity contribution is -0.142. The molecule has 0 saturated heterocycles. The van der Waals surface area contributed by atoms with Crippen molar-refractivity contribution in [1.29, 1.82) is 0 Å². The third-order valence-electron chi connectivity index (χ3n) is 7.05. The third kappa shape index (κ3) is 4.26. The number of ether oxygens (including phenoxy) is 3. The van der Waals surface area contributed by atoms with Crippen molar-refractivity contribution in [2.24, 2.45) is 5.92 Å². The second-order valence-corrected chi connectivity index (χ2v) is 9.11. The van der Waals surface area contributed by atoms with Gasteiger partial charge in [0.05, 0.1) is 19.1 Å². The molecule has 34 heavy (non-hydrogen) atoms. The third-order valence-corrected chi connectivity index (χ3v) is 7.05. The molecule has 1 N–H and O–H groups in total. The number of rotatable bonds is 7. The van der Waals surface area contributed by atoms with Crippen LogP contribution in [0.3, 0.4) is 0 Å². The molecule has 2 aliphatic rings. The molecule has 1 unspecified atom stereocenters. The molecule has 1 saturated carbocycles. The summed E-state index contributed by atoms with van der Waals surface area (Å²) in [6, 6.07) is 19.2. The van der Waals surface area contributed by atoms with E-state index in [1.807, 2.05) is 48.5 Å². The zero-order chi connectivity index (χ0) is 23.7.